The molecule has 2 aromatic carbocycles. The molecule has 5 nitrogen and oxygen atoms in total. The average Bonchev–Trinajstić information content (AvgIpc) is 3.15. The van der Waals surface area contributed by atoms with Crippen molar-refractivity contribution in [2.45, 2.75) is 6.04 Å². The Morgan fingerprint density at radius 2 is 1.92 bits per heavy atom. The van der Waals surface area contributed by atoms with E-state index in [4.69, 9.17) is 16.0 Å². The van der Waals surface area contributed by atoms with Crippen LogP contribution in [0.2, 0.25) is 5.02 Å². The minimum absolute atomic E-state index is 0.265. The van der Waals surface area contributed by atoms with Crippen LogP contribution in [0.1, 0.15) is 17.5 Å². The second kappa shape index (κ2) is 6.29. The first-order chi connectivity index (χ1) is 11.8. The molecule has 0 saturated heterocycles. The Hall–Kier alpha value is -2.92. The highest BCUT2D eigenvalue weighted by molar-refractivity contribution is 6.30. The molecule has 4 rings (SSSR count). The summed E-state index contributed by atoms with van der Waals surface area (Å²) < 4.78 is 5.41. The van der Waals surface area contributed by atoms with Crippen molar-refractivity contribution >= 4 is 28.2 Å². The largest absolute Gasteiger partial charge is 0.425 e. The maximum Gasteiger partial charge on any atom is 0.242 e. The predicted molar refractivity (Wildman–Crippen MR) is 93.0 cm³/mol. The molecule has 2 aromatic heterocycles. The Labute approximate surface area is 143 Å². The third kappa shape index (κ3) is 2.94. The Morgan fingerprint density at radius 1 is 1.04 bits per heavy atom. The predicted octanol–water partition coefficient (Wildman–Crippen LogP) is 4.47. The first-order valence-electron chi connectivity index (χ1n) is 7.42. The van der Waals surface area contributed by atoms with Crippen LogP contribution in [0.15, 0.2) is 71.6 Å². The van der Waals surface area contributed by atoms with Crippen LogP contribution in [0.5, 0.6) is 0 Å². The zero-order valence-corrected chi connectivity index (χ0v) is 13.3. The van der Waals surface area contributed by atoms with Crippen molar-refractivity contribution in [2.75, 3.05) is 5.32 Å². The number of hydrogen-bond acceptors (Lipinski definition) is 5. The number of benzene rings is 2. The van der Waals surface area contributed by atoms with E-state index in [-0.39, 0.29) is 6.04 Å². The third-order valence-corrected chi connectivity index (χ3v) is 3.99. The summed E-state index contributed by atoms with van der Waals surface area (Å²) in [7, 11) is 0. The van der Waals surface area contributed by atoms with Crippen LogP contribution in [0.3, 0.4) is 0 Å². The lowest BCUT2D eigenvalue weighted by Gasteiger charge is -2.17. The van der Waals surface area contributed by atoms with Crippen molar-refractivity contribution in [1.29, 1.82) is 0 Å². The molecule has 0 aliphatic heterocycles. The average molecular weight is 337 g/mol. The van der Waals surface area contributed by atoms with Gasteiger partial charge in [0.05, 0.1) is 5.52 Å². The molecule has 6 heteroatoms. The standard InChI is InChI=1S/C18H13ClN4O/c19-14-5-3-12(4-6-14)17(18-23-21-11-24-18)22-15-7-8-16-13(10-15)2-1-9-20-16/h1-11,17,22H. The van der Waals surface area contributed by atoms with Gasteiger partial charge in [-0.1, -0.05) is 29.8 Å². The van der Waals surface area contributed by atoms with Crippen molar-refractivity contribution in [3.8, 4) is 0 Å². The number of anilines is 1. The highest BCUT2D eigenvalue weighted by atomic mass is 35.5. The van der Waals surface area contributed by atoms with Gasteiger partial charge in [0, 0.05) is 22.3 Å². The smallest absolute Gasteiger partial charge is 0.242 e. The highest BCUT2D eigenvalue weighted by Crippen LogP contribution is 2.27. The summed E-state index contributed by atoms with van der Waals surface area (Å²) in [5.74, 6) is 0.489. The van der Waals surface area contributed by atoms with E-state index < -0.39 is 0 Å². The molecule has 0 aliphatic rings. The monoisotopic (exact) mass is 336 g/mol. The topological polar surface area (TPSA) is 63.8 Å². The van der Waals surface area contributed by atoms with Crippen LogP contribution >= 0.6 is 11.6 Å². The molecule has 0 spiro atoms. The maximum atomic E-state index is 5.99. The van der Waals surface area contributed by atoms with Crippen molar-refractivity contribution in [3.63, 3.8) is 0 Å². The van der Waals surface area contributed by atoms with Crippen LogP contribution in [0.4, 0.5) is 5.69 Å². The number of hydrogen-bond donors (Lipinski definition) is 1. The van der Waals surface area contributed by atoms with E-state index in [0.717, 1.165) is 22.2 Å². The van der Waals surface area contributed by atoms with E-state index in [2.05, 4.69) is 20.5 Å². The van der Waals surface area contributed by atoms with E-state index in [9.17, 15) is 0 Å². The molecule has 1 N–H and O–H groups in total. The van der Waals surface area contributed by atoms with Crippen molar-refractivity contribution in [2.24, 2.45) is 0 Å². The first kappa shape index (κ1) is 14.7. The molecule has 0 bridgehead atoms. The zero-order valence-electron chi connectivity index (χ0n) is 12.6. The fourth-order valence-electron chi connectivity index (χ4n) is 2.58. The molecule has 0 aliphatic carbocycles. The summed E-state index contributed by atoms with van der Waals surface area (Å²) in [5, 5.41) is 13.0. The lowest BCUT2D eigenvalue weighted by atomic mass is 10.1. The van der Waals surface area contributed by atoms with Crippen LogP contribution in [-0.2, 0) is 0 Å². The molecule has 0 amide bonds. The summed E-state index contributed by atoms with van der Waals surface area (Å²) in [5.41, 5.74) is 2.87. The first-order valence-corrected chi connectivity index (χ1v) is 7.80. The lowest BCUT2D eigenvalue weighted by Crippen LogP contribution is -2.13. The Kier molecular flexibility index (Phi) is 3.84. The second-order valence-corrected chi connectivity index (χ2v) is 5.75. The zero-order chi connectivity index (χ0) is 16.4. The Bertz CT molecular complexity index is 954. The minimum atomic E-state index is -0.265. The molecular formula is C18H13ClN4O. The summed E-state index contributed by atoms with van der Waals surface area (Å²) in [4.78, 5) is 4.34. The van der Waals surface area contributed by atoms with Crippen LogP contribution in [0, 0.1) is 0 Å². The van der Waals surface area contributed by atoms with Crippen molar-refractivity contribution in [1.82, 2.24) is 15.2 Å². The van der Waals surface area contributed by atoms with Gasteiger partial charge < -0.3 is 9.73 Å². The summed E-state index contributed by atoms with van der Waals surface area (Å²) >= 11 is 5.99. The number of nitrogens with one attached hydrogen (secondary N) is 1. The SMILES string of the molecule is Clc1ccc(C(Nc2ccc3ncccc3c2)c2nnco2)cc1. The third-order valence-electron chi connectivity index (χ3n) is 3.74. The molecule has 24 heavy (non-hydrogen) atoms. The molecule has 1 unspecified atom stereocenters. The fraction of sp³-hybridized carbons (Fsp3) is 0.0556. The number of aromatic nitrogens is 3. The molecular weight excluding hydrogens is 324 g/mol. The van der Waals surface area contributed by atoms with Gasteiger partial charge in [-0.3, -0.25) is 4.98 Å². The summed E-state index contributed by atoms with van der Waals surface area (Å²) in [6.45, 7) is 0. The van der Waals surface area contributed by atoms with E-state index in [1.54, 1.807) is 6.20 Å². The van der Waals surface area contributed by atoms with Gasteiger partial charge in [0.15, 0.2) is 0 Å². The summed E-state index contributed by atoms with van der Waals surface area (Å²) in [6, 6.07) is 17.2. The fourth-order valence-corrected chi connectivity index (χ4v) is 2.71. The Morgan fingerprint density at radius 3 is 2.71 bits per heavy atom. The van der Waals surface area contributed by atoms with E-state index >= 15 is 0 Å². The van der Waals surface area contributed by atoms with Gasteiger partial charge in [-0.05, 0) is 42.0 Å². The number of nitrogens with zero attached hydrogens (tertiary/aromatic N) is 3. The van der Waals surface area contributed by atoms with E-state index in [1.807, 2.05) is 54.6 Å². The van der Waals surface area contributed by atoms with Crippen molar-refractivity contribution < 1.29 is 4.42 Å². The molecule has 2 heterocycles. The van der Waals surface area contributed by atoms with Crippen molar-refractivity contribution in [3.05, 3.63) is 83.7 Å². The molecule has 0 radical (unpaired) electrons. The minimum Gasteiger partial charge on any atom is -0.425 e. The number of fused-ring (bicyclic) bond motifs is 1. The van der Waals surface area contributed by atoms with Gasteiger partial charge in [-0.25, -0.2) is 0 Å². The van der Waals surface area contributed by atoms with Gasteiger partial charge in [-0.15, -0.1) is 10.2 Å². The van der Waals surface area contributed by atoms with Crippen LogP contribution in [-0.4, -0.2) is 15.2 Å². The lowest BCUT2D eigenvalue weighted by molar-refractivity contribution is 0.482. The van der Waals surface area contributed by atoms with E-state index in [0.29, 0.717) is 10.9 Å². The van der Waals surface area contributed by atoms with Gasteiger partial charge >= 0.3 is 0 Å². The molecule has 0 saturated carbocycles. The molecule has 118 valence electrons. The molecule has 0 fully saturated rings. The molecule has 1 atom stereocenters. The maximum absolute atomic E-state index is 5.99. The summed E-state index contributed by atoms with van der Waals surface area (Å²) in [6.07, 6.45) is 3.11. The van der Waals surface area contributed by atoms with Gasteiger partial charge in [-0.2, -0.15) is 0 Å². The normalized spacial score (nSPS) is 12.2. The van der Waals surface area contributed by atoms with Gasteiger partial charge in [0.1, 0.15) is 6.04 Å². The molecule has 4 aromatic rings. The van der Waals surface area contributed by atoms with Gasteiger partial charge in [0.2, 0.25) is 12.3 Å². The Balaban J connectivity index is 1.71. The second-order valence-electron chi connectivity index (χ2n) is 5.32. The highest BCUT2D eigenvalue weighted by Gasteiger charge is 2.19. The van der Waals surface area contributed by atoms with Gasteiger partial charge in [0.25, 0.3) is 0 Å². The van der Waals surface area contributed by atoms with Crippen LogP contribution in [0.25, 0.3) is 10.9 Å². The number of rotatable bonds is 4. The number of pyridine rings is 1. The number of halogens is 1. The van der Waals surface area contributed by atoms with Crippen LogP contribution < -0.4 is 5.32 Å². The van der Waals surface area contributed by atoms with E-state index in [1.165, 1.54) is 6.39 Å². The quantitative estimate of drug-likeness (QED) is 0.595.